The van der Waals surface area contributed by atoms with E-state index in [1.165, 1.54) is 6.08 Å². The lowest BCUT2D eigenvalue weighted by Crippen LogP contribution is -2.11. The molecule has 174 valence electrons. The third-order valence-corrected chi connectivity index (χ3v) is 4.62. The molecule has 1 unspecified atom stereocenters. The number of rotatable bonds is 6. The molecule has 1 atom stereocenters. The number of aromatic nitrogens is 1. The smallest absolute Gasteiger partial charge is 0.303 e. The van der Waals surface area contributed by atoms with Crippen molar-refractivity contribution < 1.29 is 44.3 Å². The molecule has 0 aliphatic heterocycles. The Hall–Kier alpha value is -2.56. The van der Waals surface area contributed by atoms with Crippen LogP contribution < -0.4 is 0 Å². The molecule has 1 heterocycles. The second-order valence-corrected chi connectivity index (χ2v) is 7.06. The van der Waals surface area contributed by atoms with Crippen molar-refractivity contribution in [3.05, 3.63) is 69.5 Å². The fraction of sp³-hybridized carbons (Fsp3) is 0.300. The Kier molecular flexibility index (Phi) is 7.64. The van der Waals surface area contributed by atoms with Gasteiger partial charge in [-0.3, -0.25) is 4.98 Å². The first-order valence-corrected chi connectivity index (χ1v) is 9.14. The van der Waals surface area contributed by atoms with Crippen LogP contribution in [0.5, 0.6) is 0 Å². The van der Waals surface area contributed by atoms with Crippen molar-refractivity contribution in [2.45, 2.75) is 37.3 Å². The summed E-state index contributed by atoms with van der Waals surface area (Å²) in [7, 11) is 0. The number of alkyl halides is 9. The summed E-state index contributed by atoms with van der Waals surface area (Å²) in [5.41, 5.74) is -4.75. The van der Waals surface area contributed by atoms with Gasteiger partial charge in [-0.25, -0.2) is 0 Å². The van der Waals surface area contributed by atoms with Crippen molar-refractivity contribution in [1.29, 1.82) is 0 Å². The summed E-state index contributed by atoms with van der Waals surface area (Å²) in [6, 6.07) is 1.66. The van der Waals surface area contributed by atoms with E-state index >= 15 is 0 Å². The lowest BCUT2D eigenvalue weighted by molar-refractivity contribution is -0.143. The van der Waals surface area contributed by atoms with E-state index in [0.717, 1.165) is 12.3 Å². The van der Waals surface area contributed by atoms with E-state index in [0.29, 0.717) is 24.5 Å². The number of pyridine rings is 1. The lowest BCUT2D eigenvalue weighted by Gasteiger charge is -2.14. The average Bonchev–Trinajstić information content (AvgIpc) is 2.66. The van der Waals surface area contributed by atoms with Gasteiger partial charge in [0.2, 0.25) is 0 Å². The quantitative estimate of drug-likeness (QED) is 0.309. The van der Waals surface area contributed by atoms with Gasteiger partial charge in [0.1, 0.15) is 12.0 Å². The van der Waals surface area contributed by atoms with Gasteiger partial charge in [0, 0.05) is 12.1 Å². The van der Waals surface area contributed by atoms with Gasteiger partial charge in [-0.2, -0.15) is 39.5 Å². The molecule has 2 aromatic rings. The van der Waals surface area contributed by atoms with Crippen LogP contribution in [-0.2, 0) is 23.3 Å². The second kappa shape index (κ2) is 9.51. The van der Waals surface area contributed by atoms with Crippen LogP contribution in [0.25, 0.3) is 6.08 Å². The Morgan fingerprint density at radius 3 is 1.91 bits per heavy atom. The fourth-order valence-corrected chi connectivity index (χ4v) is 3.00. The topological polar surface area (TPSA) is 30.0 Å². The SMILES string of the molecule is O=CC(CC/C=C\c1cc(C(F)(F)F)cc(C(F)(F)F)c1)c1cc(C(F)(F)F)ncc1Cl. The molecule has 32 heavy (non-hydrogen) atoms. The zero-order valence-electron chi connectivity index (χ0n) is 15.7. The molecule has 0 radical (unpaired) electrons. The number of aldehydes is 1. The van der Waals surface area contributed by atoms with Crippen molar-refractivity contribution in [2.75, 3.05) is 0 Å². The Balaban J connectivity index is 2.22. The van der Waals surface area contributed by atoms with Crippen LogP contribution >= 0.6 is 11.6 Å². The van der Waals surface area contributed by atoms with Gasteiger partial charge in [-0.05, 0) is 48.2 Å². The van der Waals surface area contributed by atoms with E-state index in [4.69, 9.17) is 11.6 Å². The number of nitrogens with zero attached hydrogens (tertiary/aromatic N) is 1. The molecule has 0 fully saturated rings. The Bertz CT molecular complexity index is 962. The zero-order chi connectivity index (χ0) is 24.3. The van der Waals surface area contributed by atoms with E-state index in [1.807, 2.05) is 0 Å². The summed E-state index contributed by atoms with van der Waals surface area (Å²) in [4.78, 5) is 14.5. The summed E-state index contributed by atoms with van der Waals surface area (Å²) in [6.45, 7) is 0. The van der Waals surface area contributed by atoms with Crippen molar-refractivity contribution in [1.82, 2.24) is 4.98 Å². The van der Waals surface area contributed by atoms with E-state index in [9.17, 15) is 44.3 Å². The maximum atomic E-state index is 12.9. The highest BCUT2D eigenvalue weighted by atomic mass is 35.5. The first-order chi connectivity index (χ1) is 14.6. The van der Waals surface area contributed by atoms with E-state index in [-0.39, 0.29) is 35.1 Å². The third kappa shape index (κ3) is 6.72. The van der Waals surface area contributed by atoms with Crippen LogP contribution in [0.2, 0.25) is 5.02 Å². The molecule has 0 saturated carbocycles. The van der Waals surface area contributed by atoms with Crippen LogP contribution in [0.15, 0.2) is 36.5 Å². The second-order valence-electron chi connectivity index (χ2n) is 6.65. The molecule has 0 N–H and O–H groups in total. The summed E-state index contributed by atoms with van der Waals surface area (Å²) >= 11 is 5.83. The van der Waals surface area contributed by atoms with Gasteiger partial charge in [0.15, 0.2) is 0 Å². The highest BCUT2D eigenvalue weighted by Gasteiger charge is 2.37. The molecule has 0 spiro atoms. The molecule has 12 heteroatoms. The molecule has 2 rings (SSSR count). The maximum Gasteiger partial charge on any atom is 0.433 e. The van der Waals surface area contributed by atoms with Crippen molar-refractivity contribution in [2.24, 2.45) is 0 Å². The van der Waals surface area contributed by atoms with Crippen LogP contribution in [0, 0.1) is 0 Å². The molecule has 2 nitrogen and oxygen atoms in total. The molecular formula is C20H13ClF9NO. The zero-order valence-corrected chi connectivity index (χ0v) is 16.5. The van der Waals surface area contributed by atoms with E-state index < -0.39 is 41.3 Å². The van der Waals surface area contributed by atoms with Gasteiger partial charge in [-0.1, -0.05) is 23.8 Å². The summed E-state index contributed by atoms with van der Waals surface area (Å²) in [5, 5.41) is -0.188. The standard InChI is InChI=1S/C20H13ClF9NO/c21-16-9-31-17(20(28,29)30)8-15(16)12(10-32)4-2-1-3-11-5-13(18(22,23)24)7-14(6-11)19(25,26)27/h1,3,5-10,12H,2,4H2/b3-1-. The van der Waals surface area contributed by atoms with Crippen molar-refractivity contribution >= 4 is 24.0 Å². The predicted octanol–water partition coefficient (Wildman–Crippen LogP) is 7.57. The number of allylic oxidation sites excluding steroid dienone is 1. The molecule has 0 bridgehead atoms. The minimum atomic E-state index is -5.00. The van der Waals surface area contributed by atoms with Crippen molar-refractivity contribution in [3.8, 4) is 0 Å². The van der Waals surface area contributed by atoms with Gasteiger partial charge in [0.05, 0.1) is 16.1 Å². The Labute approximate surface area is 180 Å². The minimum Gasteiger partial charge on any atom is -0.303 e. The molecule has 1 aromatic heterocycles. The largest absolute Gasteiger partial charge is 0.433 e. The Morgan fingerprint density at radius 1 is 0.875 bits per heavy atom. The number of halogens is 10. The molecule has 1 aromatic carbocycles. The van der Waals surface area contributed by atoms with Crippen LogP contribution in [0.3, 0.4) is 0 Å². The molecule has 0 saturated heterocycles. The molecule has 0 aliphatic carbocycles. The minimum absolute atomic E-state index is 0.0105. The normalized spacial score (nSPS) is 14.1. The summed E-state index contributed by atoms with van der Waals surface area (Å²) < 4.78 is 116. The lowest BCUT2D eigenvalue weighted by atomic mass is 9.95. The average molecular weight is 490 g/mol. The van der Waals surface area contributed by atoms with Gasteiger partial charge in [0.25, 0.3) is 0 Å². The fourth-order valence-electron chi connectivity index (χ4n) is 2.76. The highest BCUT2D eigenvalue weighted by molar-refractivity contribution is 6.31. The molecular weight excluding hydrogens is 477 g/mol. The maximum absolute atomic E-state index is 12.9. The van der Waals surface area contributed by atoms with Gasteiger partial charge >= 0.3 is 18.5 Å². The monoisotopic (exact) mass is 489 g/mol. The number of carbonyl (C=O) groups excluding carboxylic acids is 1. The van der Waals surface area contributed by atoms with Crippen LogP contribution in [-0.4, -0.2) is 11.3 Å². The number of hydrogen-bond acceptors (Lipinski definition) is 2. The first kappa shape index (κ1) is 25.7. The molecule has 0 amide bonds. The van der Waals surface area contributed by atoms with Gasteiger partial charge in [-0.15, -0.1) is 0 Å². The number of hydrogen-bond donors (Lipinski definition) is 0. The van der Waals surface area contributed by atoms with Crippen molar-refractivity contribution in [3.63, 3.8) is 0 Å². The van der Waals surface area contributed by atoms with E-state index in [1.54, 1.807) is 0 Å². The number of carbonyl (C=O) groups is 1. The molecule has 0 aliphatic rings. The predicted molar refractivity (Wildman–Crippen MR) is 97.8 cm³/mol. The first-order valence-electron chi connectivity index (χ1n) is 8.77. The highest BCUT2D eigenvalue weighted by Crippen LogP contribution is 2.37. The van der Waals surface area contributed by atoms with E-state index in [2.05, 4.69) is 4.98 Å². The number of benzene rings is 1. The van der Waals surface area contributed by atoms with Crippen LogP contribution in [0.4, 0.5) is 39.5 Å². The summed E-state index contributed by atoms with van der Waals surface area (Å²) in [5.74, 6) is -1.09. The van der Waals surface area contributed by atoms with Gasteiger partial charge < -0.3 is 4.79 Å². The third-order valence-electron chi connectivity index (χ3n) is 4.30. The van der Waals surface area contributed by atoms with Crippen LogP contribution in [0.1, 0.15) is 46.7 Å². The summed E-state index contributed by atoms with van der Waals surface area (Å²) in [6.07, 6.45) is -11.6. The Morgan fingerprint density at radius 2 is 1.44 bits per heavy atom.